The topological polar surface area (TPSA) is 294 Å². The summed E-state index contributed by atoms with van der Waals surface area (Å²) in [4.78, 5) is 74.4. The molecular weight excluding hydrogens is 1350 g/mol. The van der Waals surface area contributed by atoms with E-state index in [4.69, 9.17) is 21.5 Å². The summed E-state index contributed by atoms with van der Waals surface area (Å²) in [7, 11) is -5.17. The number of aromatic nitrogens is 3. The molecule has 3 aromatic heterocycles. The molecule has 0 saturated carbocycles. The van der Waals surface area contributed by atoms with Crippen LogP contribution >= 0.6 is 66.3 Å². The van der Waals surface area contributed by atoms with Crippen molar-refractivity contribution >= 4 is 185 Å². The van der Waals surface area contributed by atoms with Crippen LogP contribution in [0.3, 0.4) is 0 Å². The van der Waals surface area contributed by atoms with Gasteiger partial charge in [0.15, 0.2) is 21.7 Å². The number of anilines is 8. The number of amides is 2. The summed E-state index contributed by atoms with van der Waals surface area (Å²) in [6, 6.07) is 37.4. The highest BCUT2D eigenvalue weighted by atomic mass is 79.9. The van der Waals surface area contributed by atoms with Gasteiger partial charge in [0, 0.05) is 68.5 Å². The molecule has 3 heterocycles. The summed E-state index contributed by atoms with van der Waals surface area (Å²) < 4.78 is 38.0. The van der Waals surface area contributed by atoms with Crippen LogP contribution in [0.5, 0.6) is 0 Å². The van der Waals surface area contributed by atoms with Gasteiger partial charge in [0.2, 0.25) is 17.6 Å². The number of nitriles is 1. The van der Waals surface area contributed by atoms with E-state index in [-0.39, 0.29) is 43.7 Å². The maximum absolute atomic E-state index is 13.5. The Morgan fingerprint density at radius 3 is 1.66 bits per heavy atom. The molecule has 2 amide bonds. The summed E-state index contributed by atoms with van der Waals surface area (Å²) in [5, 5.41) is 40.8. The Labute approximate surface area is 548 Å². The van der Waals surface area contributed by atoms with Crippen molar-refractivity contribution in [3.8, 4) is 6.07 Å². The lowest BCUT2D eigenvalue weighted by Crippen LogP contribution is -2.21. The first kappa shape index (κ1) is 66.8. The van der Waals surface area contributed by atoms with Gasteiger partial charge in [0.05, 0.1) is 34.0 Å². The summed E-state index contributed by atoms with van der Waals surface area (Å²) >= 11 is 9.75. The maximum Gasteiger partial charge on any atom is 0.297 e. The number of Topliss-reactive ketones (excluding diaryl/α,β-unsaturated/α-hetero) is 2. The minimum atomic E-state index is -5.17. The largest absolute Gasteiger partial charge is 0.372 e. The number of benzene rings is 5. The third-order valence-corrected chi connectivity index (χ3v) is 18.0. The van der Waals surface area contributed by atoms with Gasteiger partial charge in [-0.05, 0) is 138 Å². The van der Waals surface area contributed by atoms with Crippen LogP contribution in [0.1, 0.15) is 62.4 Å². The van der Waals surface area contributed by atoms with Gasteiger partial charge in [-0.1, -0.05) is 86.1 Å². The fourth-order valence-corrected chi connectivity index (χ4v) is 13.3. The second-order valence-electron chi connectivity index (χ2n) is 19.1. The first-order valence-corrected chi connectivity index (χ1v) is 33.1. The van der Waals surface area contributed by atoms with Gasteiger partial charge in [-0.3, -0.25) is 23.7 Å². The molecule has 0 aliphatic heterocycles. The number of ketones is 2. The molecule has 0 fully saturated rings. The Balaban J connectivity index is 1.19. The molecule has 28 heteroatoms. The zero-order valence-corrected chi connectivity index (χ0v) is 55.4. The van der Waals surface area contributed by atoms with Gasteiger partial charge in [-0.2, -0.15) is 33.7 Å². The minimum absolute atomic E-state index is 0.0447. The number of thiophene rings is 2. The van der Waals surface area contributed by atoms with E-state index >= 15 is 0 Å². The predicted molar refractivity (Wildman–Crippen MR) is 363 cm³/mol. The van der Waals surface area contributed by atoms with Crippen molar-refractivity contribution in [1.29, 1.82) is 5.26 Å². The molecule has 0 aliphatic carbocycles. The first-order valence-electron chi connectivity index (χ1n) is 27.4. The number of hydrogen-bond donors (Lipinski definition) is 5. The summed E-state index contributed by atoms with van der Waals surface area (Å²) in [5.41, 5.74) is 3.58. The average molecular weight is 1410 g/mol. The molecule has 8 aromatic rings. The average Bonchev–Trinajstić information content (AvgIpc) is 1.68. The van der Waals surface area contributed by atoms with E-state index in [2.05, 4.69) is 88.2 Å². The number of nitrogens with zero attached hydrogens (tertiary/aromatic N) is 11. The van der Waals surface area contributed by atoms with Crippen LogP contribution in [-0.4, -0.2) is 77.5 Å². The molecule has 5 N–H and O–H groups in total. The highest BCUT2D eigenvalue weighted by Gasteiger charge is 2.29. The number of hydrogen-bond acceptors (Lipinski definition) is 21. The molecule has 0 unspecified atom stereocenters. The minimum Gasteiger partial charge on any atom is -0.372 e. The lowest BCUT2D eigenvalue weighted by atomic mass is 10.1. The highest BCUT2D eigenvalue weighted by molar-refractivity contribution is 9.10. The Hall–Kier alpha value is -9.13. The number of nitrogens with one attached hydrogen (secondary N) is 4. The monoisotopic (exact) mass is 1410 g/mol. The SMILES string of the molecule is [C-]#[N+]c1cc(/C=C(\C(C)=O)C(=O)Nc2cccc(Br)c2)sc1N=Nc1ccc(N(CC)CC)cc1Nc1nc(Nc2cc(N(CC)CC)ccc2N=Nc2sc(/C=C(/C(C)=O)C(=O)Nc3cccc(Br)c3)c(S(=O)(=O)O)c2C#N)nc(SCc2ccccc2)n1. The molecule has 0 radical (unpaired) electrons. The Morgan fingerprint density at radius 1 is 0.678 bits per heavy atom. The molecule has 0 saturated heterocycles. The molecule has 0 aliphatic rings. The van der Waals surface area contributed by atoms with Crippen LogP contribution in [0.25, 0.3) is 17.0 Å². The van der Waals surface area contributed by atoms with Gasteiger partial charge >= 0.3 is 0 Å². The van der Waals surface area contributed by atoms with Crippen LogP contribution in [0.15, 0.2) is 172 Å². The van der Waals surface area contributed by atoms with Crippen molar-refractivity contribution in [3.05, 3.63) is 174 Å². The number of halogens is 2. The predicted octanol–water partition coefficient (Wildman–Crippen LogP) is 16.7. The molecular formula is C62H55Br2N15O7S4. The highest BCUT2D eigenvalue weighted by Crippen LogP contribution is 2.44. The lowest BCUT2D eigenvalue weighted by molar-refractivity contribution is -0.120. The Morgan fingerprint density at radius 2 is 1.19 bits per heavy atom. The summed E-state index contributed by atoms with van der Waals surface area (Å²) in [6.45, 7) is 21.0. The number of azo groups is 2. The first-order chi connectivity index (χ1) is 43.2. The Kier molecular flexibility index (Phi) is 22.9. The van der Waals surface area contributed by atoms with E-state index in [1.807, 2.05) is 70.2 Å². The number of carbonyl (C=O) groups is 4. The summed E-state index contributed by atoms with van der Waals surface area (Å²) in [6.07, 6.45) is 2.40. The van der Waals surface area contributed by atoms with Gasteiger partial charge in [0.1, 0.15) is 32.9 Å². The number of carbonyl (C=O) groups excluding carboxylic acids is 4. The van der Waals surface area contributed by atoms with Gasteiger partial charge in [0.25, 0.3) is 21.9 Å². The normalized spacial score (nSPS) is 11.7. The second kappa shape index (κ2) is 30.9. The molecule has 90 heavy (non-hydrogen) atoms. The standard InChI is InChI=1S/C62H55Br2N15O7S4/c1-8-78(9-2)43-23-25-49(74-76-58-48(34-65)55(90(84,85)86)54(89-58)33-47(37(6)81)57(83)68-42-22-16-20-40(64)28-42)51(29-43)69-60-71-61(73-62(72-60)87-35-38-17-13-12-14-18-38)70-52-30-44(79(10-3)11-4)24-26-50(52)75-77-59-53(66-7)32-45(88-59)31-46(36(5)80)56(82)67-41-21-15-19-39(63)27-41/h12-33H,8-11,35H2,1-6H3,(H,67,82)(H,68,83)(H,84,85,86)(H2,69,70,71,72,73)/b46-31+,47-33-,76-74?,77-75?. The second-order valence-corrected chi connectivity index (χ2v) is 25.3. The fourth-order valence-electron chi connectivity index (χ4n) is 8.70. The Bertz CT molecular complexity index is 4380. The quantitative estimate of drug-likeness (QED) is 0.00640. The van der Waals surface area contributed by atoms with E-state index in [1.54, 1.807) is 78.9 Å². The maximum atomic E-state index is 13.5. The van der Waals surface area contributed by atoms with E-state index < -0.39 is 49.5 Å². The van der Waals surface area contributed by atoms with Crippen molar-refractivity contribution in [1.82, 2.24) is 15.0 Å². The van der Waals surface area contributed by atoms with Crippen molar-refractivity contribution in [2.45, 2.75) is 57.3 Å². The van der Waals surface area contributed by atoms with Gasteiger partial charge in [-0.15, -0.1) is 38.0 Å². The zero-order valence-electron chi connectivity index (χ0n) is 48.9. The molecule has 0 bridgehead atoms. The molecule has 0 atom stereocenters. The van der Waals surface area contributed by atoms with Crippen LogP contribution in [0, 0.1) is 17.9 Å². The lowest BCUT2D eigenvalue weighted by Gasteiger charge is -2.22. The van der Waals surface area contributed by atoms with Crippen LogP contribution in [0.4, 0.5) is 73.1 Å². The smallest absolute Gasteiger partial charge is 0.297 e. The van der Waals surface area contributed by atoms with E-state index in [1.165, 1.54) is 30.8 Å². The van der Waals surface area contributed by atoms with E-state index in [9.17, 15) is 37.4 Å². The molecule has 8 rings (SSSR count). The third kappa shape index (κ3) is 17.4. The molecule has 0 spiro atoms. The van der Waals surface area contributed by atoms with Crippen LogP contribution in [-0.2, 0) is 35.0 Å². The zero-order chi connectivity index (χ0) is 64.6. The molecule has 5 aromatic carbocycles. The van der Waals surface area contributed by atoms with Gasteiger partial charge < -0.3 is 31.1 Å². The summed E-state index contributed by atoms with van der Waals surface area (Å²) in [5.74, 6) is -2.13. The van der Waals surface area contributed by atoms with Crippen molar-refractivity contribution in [2.24, 2.45) is 20.5 Å². The number of rotatable bonds is 26. The van der Waals surface area contributed by atoms with Gasteiger partial charge in [-0.25, -0.2) is 4.85 Å². The van der Waals surface area contributed by atoms with Crippen molar-refractivity contribution in [2.75, 3.05) is 57.2 Å². The molecule has 22 nitrogen and oxygen atoms in total. The molecule has 458 valence electrons. The third-order valence-electron chi connectivity index (χ3n) is 13.1. The van der Waals surface area contributed by atoms with Crippen LogP contribution < -0.4 is 31.1 Å². The number of thioether (sulfide) groups is 1. The van der Waals surface area contributed by atoms with Crippen molar-refractivity contribution in [3.63, 3.8) is 0 Å². The fraction of sp³-hybridized carbons (Fsp3) is 0.177. The van der Waals surface area contributed by atoms with Crippen LogP contribution in [0.2, 0.25) is 0 Å². The van der Waals surface area contributed by atoms with E-state index in [0.29, 0.717) is 86.2 Å². The van der Waals surface area contributed by atoms with Crippen molar-refractivity contribution < 1.29 is 32.1 Å². The van der Waals surface area contributed by atoms with E-state index in [0.717, 1.165) is 45.7 Å².